The molecule has 0 fully saturated rings. The molecule has 0 aliphatic carbocycles. The number of hydrogen-bond acceptors (Lipinski definition) is 5. The van der Waals surface area contributed by atoms with Crippen LogP contribution in [0, 0.1) is 13.8 Å². The van der Waals surface area contributed by atoms with Crippen molar-refractivity contribution >= 4 is 5.97 Å². The highest BCUT2D eigenvalue weighted by molar-refractivity contribution is 5.88. The Morgan fingerprint density at radius 1 is 1.45 bits per heavy atom. The Kier molecular flexibility index (Phi) is 4.24. The van der Waals surface area contributed by atoms with Crippen molar-refractivity contribution in [2.75, 3.05) is 7.11 Å². The summed E-state index contributed by atoms with van der Waals surface area (Å²) in [6, 6.07) is 1.68. The van der Waals surface area contributed by atoms with Gasteiger partial charge in [-0.1, -0.05) is 0 Å². The first-order chi connectivity index (χ1) is 9.52. The van der Waals surface area contributed by atoms with Crippen molar-refractivity contribution in [1.29, 1.82) is 0 Å². The van der Waals surface area contributed by atoms with Crippen LogP contribution in [-0.2, 0) is 24.9 Å². The maximum Gasteiger partial charge on any atom is 0.341 e. The van der Waals surface area contributed by atoms with E-state index in [1.165, 1.54) is 18.9 Å². The summed E-state index contributed by atoms with van der Waals surface area (Å²) >= 11 is 0. The molecule has 108 valence electrons. The molecule has 0 radical (unpaired) electrons. The van der Waals surface area contributed by atoms with Gasteiger partial charge in [0.05, 0.1) is 24.9 Å². The number of nitrogens with zero attached hydrogens (tertiary/aromatic N) is 2. The predicted octanol–water partition coefficient (Wildman–Crippen LogP) is 1.71. The summed E-state index contributed by atoms with van der Waals surface area (Å²) in [5.74, 6) is 0.309. The Morgan fingerprint density at radius 2 is 2.20 bits per heavy atom. The van der Waals surface area contributed by atoms with Crippen molar-refractivity contribution in [3.05, 3.63) is 40.6 Å². The van der Waals surface area contributed by atoms with Crippen LogP contribution < -0.4 is 5.32 Å². The van der Waals surface area contributed by atoms with Gasteiger partial charge in [-0.2, -0.15) is 5.10 Å². The smallest absolute Gasteiger partial charge is 0.341 e. The van der Waals surface area contributed by atoms with Crippen LogP contribution >= 0.6 is 0 Å². The number of ether oxygens (including phenoxy) is 1. The van der Waals surface area contributed by atoms with Gasteiger partial charge in [-0.15, -0.1) is 0 Å². The quantitative estimate of drug-likeness (QED) is 0.842. The van der Waals surface area contributed by atoms with Gasteiger partial charge in [0, 0.05) is 24.8 Å². The monoisotopic (exact) mass is 277 g/mol. The fourth-order valence-corrected chi connectivity index (χ4v) is 2.08. The van der Waals surface area contributed by atoms with Gasteiger partial charge < -0.3 is 14.5 Å². The Hall–Kier alpha value is -2.08. The minimum absolute atomic E-state index is 0.390. The molecule has 2 aromatic heterocycles. The van der Waals surface area contributed by atoms with E-state index in [4.69, 9.17) is 4.42 Å². The van der Waals surface area contributed by atoms with E-state index in [2.05, 4.69) is 15.2 Å². The summed E-state index contributed by atoms with van der Waals surface area (Å²) in [5.41, 5.74) is 3.78. The Balaban J connectivity index is 1.93. The van der Waals surface area contributed by atoms with Crippen LogP contribution in [0.25, 0.3) is 0 Å². The standard InChI is InChI=1S/C14H19N3O3/c1-9-13(10(2)17(3)16-9)7-15-6-12-5-11(8-20-12)14(18)19-4/h5,8,15H,6-7H2,1-4H3. The Bertz CT molecular complexity index is 613. The minimum Gasteiger partial charge on any atom is -0.467 e. The summed E-state index contributed by atoms with van der Waals surface area (Å²) in [7, 11) is 3.28. The average molecular weight is 277 g/mol. The predicted molar refractivity (Wildman–Crippen MR) is 73.3 cm³/mol. The number of esters is 1. The van der Waals surface area contributed by atoms with E-state index in [9.17, 15) is 4.79 Å². The molecule has 1 N–H and O–H groups in total. The highest BCUT2D eigenvalue weighted by Crippen LogP contribution is 2.12. The van der Waals surface area contributed by atoms with Crippen molar-refractivity contribution in [1.82, 2.24) is 15.1 Å². The molecule has 0 aromatic carbocycles. The topological polar surface area (TPSA) is 69.3 Å². The van der Waals surface area contributed by atoms with E-state index < -0.39 is 0 Å². The molecule has 0 atom stereocenters. The molecule has 0 saturated heterocycles. The number of rotatable bonds is 5. The number of furan rings is 1. The lowest BCUT2D eigenvalue weighted by atomic mass is 10.2. The summed E-state index contributed by atoms with van der Waals surface area (Å²) in [4.78, 5) is 11.3. The molecule has 0 bridgehead atoms. The first-order valence-electron chi connectivity index (χ1n) is 6.38. The van der Waals surface area contributed by atoms with E-state index in [1.807, 2.05) is 25.6 Å². The number of methoxy groups -OCH3 is 1. The summed E-state index contributed by atoms with van der Waals surface area (Å²) in [6.45, 7) is 5.29. The highest BCUT2D eigenvalue weighted by atomic mass is 16.5. The first kappa shape index (κ1) is 14.3. The molecule has 20 heavy (non-hydrogen) atoms. The first-order valence-corrected chi connectivity index (χ1v) is 6.38. The molecule has 0 saturated carbocycles. The lowest BCUT2D eigenvalue weighted by Crippen LogP contribution is -2.13. The molecule has 2 rings (SSSR count). The van der Waals surface area contributed by atoms with Crippen molar-refractivity contribution in [3.63, 3.8) is 0 Å². The van der Waals surface area contributed by atoms with E-state index >= 15 is 0 Å². The lowest BCUT2D eigenvalue weighted by molar-refractivity contribution is 0.0600. The molecule has 0 aliphatic heterocycles. The molecule has 0 unspecified atom stereocenters. The molecule has 0 spiro atoms. The lowest BCUT2D eigenvalue weighted by Gasteiger charge is -2.03. The van der Waals surface area contributed by atoms with Gasteiger partial charge in [0.1, 0.15) is 12.0 Å². The molecule has 6 heteroatoms. The number of nitrogens with one attached hydrogen (secondary N) is 1. The van der Waals surface area contributed by atoms with Gasteiger partial charge in [-0.3, -0.25) is 4.68 Å². The Labute approximate surface area is 117 Å². The second-order valence-electron chi connectivity index (χ2n) is 4.67. The van der Waals surface area contributed by atoms with Gasteiger partial charge >= 0.3 is 5.97 Å². The molecule has 0 amide bonds. The zero-order valence-corrected chi connectivity index (χ0v) is 12.2. The zero-order chi connectivity index (χ0) is 14.7. The van der Waals surface area contributed by atoms with Gasteiger partial charge in [-0.25, -0.2) is 4.79 Å². The molecular formula is C14H19N3O3. The van der Waals surface area contributed by atoms with Crippen molar-refractivity contribution < 1.29 is 13.9 Å². The van der Waals surface area contributed by atoms with Crippen molar-refractivity contribution in [2.24, 2.45) is 7.05 Å². The number of aromatic nitrogens is 2. The number of carbonyl (C=O) groups is 1. The average Bonchev–Trinajstić information content (AvgIpc) is 2.98. The van der Waals surface area contributed by atoms with E-state index in [-0.39, 0.29) is 5.97 Å². The second kappa shape index (κ2) is 5.92. The maximum absolute atomic E-state index is 11.3. The summed E-state index contributed by atoms with van der Waals surface area (Å²) in [5, 5.41) is 7.65. The van der Waals surface area contributed by atoms with E-state index in [0.717, 1.165) is 11.4 Å². The number of carbonyl (C=O) groups excluding carboxylic acids is 1. The fraction of sp³-hybridized carbons (Fsp3) is 0.429. The van der Waals surface area contributed by atoms with Crippen molar-refractivity contribution in [2.45, 2.75) is 26.9 Å². The SMILES string of the molecule is COC(=O)c1coc(CNCc2c(C)nn(C)c2C)c1. The summed E-state index contributed by atoms with van der Waals surface area (Å²) in [6.07, 6.45) is 1.41. The normalized spacial score (nSPS) is 10.8. The second-order valence-corrected chi connectivity index (χ2v) is 4.67. The van der Waals surface area contributed by atoms with Gasteiger partial charge in [0.2, 0.25) is 0 Å². The van der Waals surface area contributed by atoms with E-state index in [1.54, 1.807) is 6.07 Å². The van der Waals surface area contributed by atoms with Crippen LogP contribution in [0.2, 0.25) is 0 Å². The molecule has 0 aliphatic rings. The van der Waals surface area contributed by atoms with Crippen LogP contribution in [0.1, 0.15) is 33.1 Å². The van der Waals surface area contributed by atoms with Crippen LogP contribution in [0.15, 0.2) is 16.7 Å². The van der Waals surface area contributed by atoms with Gasteiger partial charge in [0.25, 0.3) is 0 Å². The fourth-order valence-electron chi connectivity index (χ4n) is 2.08. The van der Waals surface area contributed by atoms with Crippen LogP contribution in [0.5, 0.6) is 0 Å². The third-order valence-corrected chi connectivity index (χ3v) is 3.33. The van der Waals surface area contributed by atoms with Gasteiger partial charge in [-0.05, 0) is 19.9 Å². The minimum atomic E-state index is -0.390. The summed E-state index contributed by atoms with van der Waals surface area (Å²) < 4.78 is 11.8. The van der Waals surface area contributed by atoms with Crippen molar-refractivity contribution in [3.8, 4) is 0 Å². The third kappa shape index (κ3) is 2.91. The molecule has 2 aromatic rings. The van der Waals surface area contributed by atoms with Crippen LogP contribution in [-0.4, -0.2) is 22.9 Å². The highest BCUT2D eigenvalue weighted by Gasteiger charge is 2.11. The largest absolute Gasteiger partial charge is 0.467 e. The van der Waals surface area contributed by atoms with Crippen LogP contribution in [0.4, 0.5) is 0 Å². The zero-order valence-electron chi connectivity index (χ0n) is 12.2. The third-order valence-electron chi connectivity index (χ3n) is 3.33. The number of hydrogen-bond donors (Lipinski definition) is 1. The molecule has 6 nitrogen and oxygen atoms in total. The van der Waals surface area contributed by atoms with E-state index in [0.29, 0.717) is 24.4 Å². The Morgan fingerprint density at radius 3 is 2.80 bits per heavy atom. The maximum atomic E-state index is 11.3. The van der Waals surface area contributed by atoms with Gasteiger partial charge in [0.15, 0.2) is 0 Å². The van der Waals surface area contributed by atoms with Crippen LogP contribution in [0.3, 0.4) is 0 Å². The molecular weight excluding hydrogens is 258 g/mol. The molecule has 2 heterocycles. The number of aryl methyl sites for hydroxylation is 2.